The van der Waals surface area contributed by atoms with E-state index < -0.39 is 12.1 Å². The molecule has 0 amide bonds. The van der Waals surface area contributed by atoms with Crippen LogP contribution in [0.5, 0.6) is 5.75 Å². The van der Waals surface area contributed by atoms with Gasteiger partial charge in [0.25, 0.3) is 0 Å². The lowest BCUT2D eigenvalue weighted by Crippen LogP contribution is -2.32. The number of rotatable bonds is 6. The average Bonchev–Trinajstić information content (AvgIpc) is 3.37. The largest absolute Gasteiger partial charge is 0.497 e. The number of methoxy groups -OCH3 is 1. The number of carboxylic acids is 1. The Kier molecular flexibility index (Phi) is 8.75. The third-order valence-electron chi connectivity index (χ3n) is 6.13. The van der Waals surface area contributed by atoms with Crippen LogP contribution < -0.4 is 4.74 Å². The van der Waals surface area contributed by atoms with Gasteiger partial charge in [0.1, 0.15) is 5.75 Å². The summed E-state index contributed by atoms with van der Waals surface area (Å²) >= 11 is 0. The number of hydrogen-bond acceptors (Lipinski definition) is 6. The zero-order chi connectivity index (χ0) is 23.1. The van der Waals surface area contributed by atoms with Gasteiger partial charge in [-0.3, -0.25) is 4.90 Å². The van der Waals surface area contributed by atoms with Gasteiger partial charge in [-0.15, -0.1) is 0 Å². The summed E-state index contributed by atoms with van der Waals surface area (Å²) in [5.74, 6) is -0.680. The summed E-state index contributed by atoms with van der Waals surface area (Å²) in [7, 11) is 1.70. The minimum absolute atomic E-state index is 0.300. The molecule has 1 aromatic carbocycles. The summed E-state index contributed by atoms with van der Waals surface area (Å²) in [6, 6.07) is 8.86. The van der Waals surface area contributed by atoms with E-state index in [9.17, 15) is 13.2 Å². The predicted molar refractivity (Wildman–Crippen MR) is 108 cm³/mol. The highest BCUT2D eigenvalue weighted by atomic mass is 19.4. The second-order valence-electron chi connectivity index (χ2n) is 8.28. The maximum Gasteiger partial charge on any atom is 0.490 e. The standard InChI is InChI=1S/C20H29NO4.C2HF3O2/c1-22-17-4-2-15(3-5-17)10-21-11-20(18-13-24-14-19(18)21)25-12-16-6-8-23-9-7-16;3-2(4,5)1(6)7/h2-5,16,18-20H,6-14H2,1H3;(H,6,7)/t18-,19+,20-;/m0./s1. The molecule has 3 aliphatic rings. The summed E-state index contributed by atoms with van der Waals surface area (Å²) < 4.78 is 54.6. The Morgan fingerprint density at radius 2 is 1.81 bits per heavy atom. The van der Waals surface area contributed by atoms with Gasteiger partial charge in [0.15, 0.2) is 0 Å². The predicted octanol–water partition coefficient (Wildman–Crippen LogP) is 2.97. The lowest BCUT2D eigenvalue weighted by Gasteiger charge is -2.25. The first kappa shape index (κ1) is 24.8. The van der Waals surface area contributed by atoms with Gasteiger partial charge in [-0.05, 0) is 36.5 Å². The molecule has 3 saturated heterocycles. The number of likely N-dealkylation sites (tertiary alicyclic amines) is 1. The van der Waals surface area contributed by atoms with Crippen molar-refractivity contribution in [3.63, 3.8) is 0 Å². The molecule has 0 saturated carbocycles. The SMILES string of the molecule is COc1ccc(CN2C[C@H](OCC3CCOCC3)[C@H]3COC[C@H]32)cc1.O=C(O)C(F)(F)F. The number of nitrogens with zero attached hydrogens (tertiary/aromatic N) is 1. The minimum atomic E-state index is -5.08. The lowest BCUT2D eigenvalue weighted by atomic mass is 10.00. The van der Waals surface area contributed by atoms with E-state index >= 15 is 0 Å². The normalized spacial score (nSPS) is 26.3. The highest BCUT2D eigenvalue weighted by Crippen LogP contribution is 2.34. The molecule has 180 valence electrons. The van der Waals surface area contributed by atoms with E-state index in [0.29, 0.717) is 24.0 Å². The molecule has 0 aromatic heterocycles. The summed E-state index contributed by atoms with van der Waals surface area (Å²) in [6.45, 7) is 6.27. The summed E-state index contributed by atoms with van der Waals surface area (Å²) in [5, 5.41) is 7.12. The van der Waals surface area contributed by atoms with Gasteiger partial charge in [-0.2, -0.15) is 13.2 Å². The summed E-state index contributed by atoms with van der Waals surface area (Å²) in [4.78, 5) is 11.4. The van der Waals surface area contributed by atoms with Crippen LogP contribution >= 0.6 is 0 Å². The van der Waals surface area contributed by atoms with Crippen molar-refractivity contribution < 1.29 is 42.0 Å². The molecule has 3 aliphatic heterocycles. The smallest absolute Gasteiger partial charge is 0.490 e. The fourth-order valence-corrected chi connectivity index (χ4v) is 4.29. The third-order valence-corrected chi connectivity index (χ3v) is 6.13. The topological polar surface area (TPSA) is 77.5 Å². The van der Waals surface area contributed by atoms with E-state index in [4.69, 9.17) is 28.8 Å². The van der Waals surface area contributed by atoms with Gasteiger partial charge in [0, 0.05) is 38.3 Å². The summed E-state index contributed by atoms with van der Waals surface area (Å²) in [6.07, 6.45) is -2.52. The average molecular weight is 461 g/mol. The van der Waals surface area contributed by atoms with Gasteiger partial charge in [0.05, 0.1) is 33.0 Å². The fourth-order valence-electron chi connectivity index (χ4n) is 4.29. The molecule has 7 nitrogen and oxygen atoms in total. The molecule has 0 spiro atoms. The molecule has 32 heavy (non-hydrogen) atoms. The molecule has 0 bridgehead atoms. The maximum atomic E-state index is 10.6. The van der Waals surface area contributed by atoms with E-state index in [1.54, 1.807) is 7.11 Å². The molecule has 4 rings (SSSR count). The number of fused-ring (bicyclic) bond motifs is 1. The molecule has 0 radical (unpaired) electrons. The number of aliphatic carboxylic acids is 1. The molecule has 3 heterocycles. The first-order valence-electron chi connectivity index (χ1n) is 10.7. The second kappa shape index (κ2) is 11.3. The Morgan fingerprint density at radius 1 is 1.16 bits per heavy atom. The Bertz CT molecular complexity index is 723. The van der Waals surface area contributed by atoms with Crippen molar-refractivity contribution in [2.45, 2.75) is 37.7 Å². The van der Waals surface area contributed by atoms with Crippen molar-refractivity contribution >= 4 is 5.97 Å². The third kappa shape index (κ3) is 6.81. The molecule has 1 N–H and O–H groups in total. The molecular formula is C22H30F3NO6. The van der Waals surface area contributed by atoms with Crippen molar-refractivity contribution in [2.24, 2.45) is 11.8 Å². The monoisotopic (exact) mass is 461 g/mol. The van der Waals surface area contributed by atoms with Crippen molar-refractivity contribution in [1.29, 1.82) is 0 Å². The van der Waals surface area contributed by atoms with Crippen molar-refractivity contribution in [3.05, 3.63) is 29.8 Å². The lowest BCUT2D eigenvalue weighted by molar-refractivity contribution is -0.192. The number of alkyl halides is 3. The zero-order valence-corrected chi connectivity index (χ0v) is 18.1. The molecule has 3 fully saturated rings. The van der Waals surface area contributed by atoms with Gasteiger partial charge >= 0.3 is 12.1 Å². The highest BCUT2D eigenvalue weighted by Gasteiger charge is 2.46. The van der Waals surface area contributed by atoms with E-state index in [2.05, 4.69) is 17.0 Å². The fraction of sp³-hybridized carbons (Fsp3) is 0.682. The molecule has 10 heteroatoms. The van der Waals surface area contributed by atoms with Crippen LogP contribution in [-0.4, -0.2) is 81.0 Å². The molecule has 0 unspecified atom stereocenters. The van der Waals surface area contributed by atoms with Gasteiger partial charge in [-0.25, -0.2) is 4.79 Å². The molecule has 0 aliphatic carbocycles. The number of hydrogen-bond donors (Lipinski definition) is 1. The van der Waals surface area contributed by atoms with Gasteiger partial charge in [0.2, 0.25) is 0 Å². The molecule has 3 atom stereocenters. The number of carbonyl (C=O) groups is 1. The van der Waals surface area contributed by atoms with E-state index in [-0.39, 0.29) is 0 Å². The first-order chi connectivity index (χ1) is 15.3. The van der Waals surface area contributed by atoms with Crippen LogP contribution in [0.3, 0.4) is 0 Å². The Hall–Kier alpha value is -1.88. The first-order valence-corrected chi connectivity index (χ1v) is 10.7. The number of halogens is 3. The van der Waals surface area contributed by atoms with Crippen molar-refractivity contribution in [1.82, 2.24) is 4.90 Å². The highest BCUT2D eigenvalue weighted by molar-refractivity contribution is 5.73. The summed E-state index contributed by atoms with van der Waals surface area (Å²) in [5.41, 5.74) is 1.32. The van der Waals surface area contributed by atoms with Gasteiger partial charge < -0.3 is 24.1 Å². The number of benzene rings is 1. The van der Waals surface area contributed by atoms with E-state index in [1.165, 1.54) is 5.56 Å². The second-order valence-corrected chi connectivity index (χ2v) is 8.28. The van der Waals surface area contributed by atoms with Crippen molar-refractivity contribution in [3.8, 4) is 5.75 Å². The van der Waals surface area contributed by atoms with Crippen molar-refractivity contribution in [2.75, 3.05) is 46.7 Å². The molecular weight excluding hydrogens is 431 g/mol. The molecule has 1 aromatic rings. The van der Waals surface area contributed by atoms with E-state index in [1.807, 2.05) is 12.1 Å². The van der Waals surface area contributed by atoms with Crippen LogP contribution in [0, 0.1) is 11.8 Å². The quantitative estimate of drug-likeness (QED) is 0.698. The Labute approximate surface area is 185 Å². The van der Waals surface area contributed by atoms with E-state index in [0.717, 1.165) is 64.7 Å². The zero-order valence-electron chi connectivity index (χ0n) is 18.1. The number of ether oxygens (including phenoxy) is 4. The van der Waals surface area contributed by atoms with Crippen LogP contribution in [0.2, 0.25) is 0 Å². The van der Waals surface area contributed by atoms with Crippen LogP contribution in [0.15, 0.2) is 24.3 Å². The van der Waals surface area contributed by atoms with Crippen LogP contribution in [-0.2, 0) is 25.5 Å². The maximum absolute atomic E-state index is 10.6. The Balaban J connectivity index is 0.000000360. The van der Waals surface area contributed by atoms with Gasteiger partial charge in [-0.1, -0.05) is 12.1 Å². The van der Waals surface area contributed by atoms with Crippen LogP contribution in [0.25, 0.3) is 0 Å². The van der Waals surface area contributed by atoms with Crippen LogP contribution in [0.1, 0.15) is 18.4 Å². The number of carboxylic acid groups (broad SMARTS) is 1. The minimum Gasteiger partial charge on any atom is -0.497 e. The Morgan fingerprint density at radius 3 is 2.41 bits per heavy atom. The van der Waals surface area contributed by atoms with Crippen LogP contribution in [0.4, 0.5) is 13.2 Å².